The summed E-state index contributed by atoms with van der Waals surface area (Å²) in [6, 6.07) is 3.45. The monoisotopic (exact) mass is 191 g/mol. The lowest BCUT2D eigenvalue weighted by Crippen LogP contribution is -2.33. The van der Waals surface area contributed by atoms with E-state index < -0.39 is 5.92 Å². The number of hydrogen-bond donors (Lipinski definition) is 1. The van der Waals surface area contributed by atoms with Gasteiger partial charge in [0, 0.05) is 24.5 Å². The van der Waals surface area contributed by atoms with Crippen LogP contribution in [0.5, 0.6) is 0 Å². The minimum absolute atomic E-state index is 0.0347. The molecule has 0 spiro atoms. The molecular formula is C8H8ClF2N. The van der Waals surface area contributed by atoms with Crippen molar-refractivity contribution in [3.63, 3.8) is 0 Å². The van der Waals surface area contributed by atoms with Gasteiger partial charge >= 0.3 is 0 Å². The Morgan fingerprint density at radius 2 is 2.08 bits per heavy atom. The molecule has 1 saturated carbocycles. The van der Waals surface area contributed by atoms with Gasteiger partial charge in [0.15, 0.2) is 0 Å². The van der Waals surface area contributed by atoms with E-state index in [1.165, 1.54) is 0 Å². The van der Waals surface area contributed by atoms with Gasteiger partial charge in [-0.05, 0) is 12.1 Å². The Morgan fingerprint density at radius 1 is 1.42 bits per heavy atom. The highest BCUT2D eigenvalue weighted by Gasteiger charge is 2.46. The number of alkyl halides is 2. The minimum Gasteiger partial charge on any atom is -0.349 e. The fourth-order valence-corrected chi connectivity index (χ4v) is 1.68. The zero-order valence-electron chi connectivity index (χ0n) is 6.28. The maximum atomic E-state index is 12.4. The van der Waals surface area contributed by atoms with E-state index in [1.807, 2.05) is 0 Å². The number of aromatic amines is 1. The van der Waals surface area contributed by atoms with Crippen LogP contribution in [0.25, 0.3) is 0 Å². The van der Waals surface area contributed by atoms with Crippen LogP contribution in [0.15, 0.2) is 12.1 Å². The van der Waals surface area contributed by atoms with Gasteiger partial charge in [0.25, 0.3) is 0 Å². The summed E-state index contributed by atoms with van der Waals surface area (Å²) in [5, 5.41) is 0.514. The van der Waals surface area contributed by atoms with Gasteiger partial charge in [0.1, 0.15) is 5.15 Å². The summed E-state index contributed by atoms with van der Waals surface area (Å²) >= 11 is 5.61. The van der Waals surface area contributed by atoms with Crippen LogP contribution in [0.1, 0.15) is 24.5 Å². The van der Waals surface area contributed by atoms with Gasteiger partial charge in [-0.25, -0.2) is 8.78 Å². The molecule has 0 aliphatic heterocycles. The zero-order valence-corrected chi connectivity index (χ0v) is 7.04. The summed E-state index contributed by atoms with van der Waals surface area (Å²) in [5.74, 6) is -2.49. The SMILES string of the molecule is FC1(F)CC(c2ccc(Cl)[nH]2)C1. The van der Waals surface area contributed by atoms with Gasteiger partial charge in [-0.1, -0.05) is 11.6 Å². The van der Waals surface area contributed by atoms with Crippen molar-refractivity contribution in [1.82, 2.24) is 4.98 Å². The van der Waals surface area contributed by atoms with Gasteiger partial charge in [0.2, 0.25) is 5.92 Å². The first-order chi connectivity index (χ1) is 5.57. The van der Waals surface area contributed by atoms with Crippen LogP contribution in [0.2, 0.25) is 5.15 Å². The van der Waals surface area contributed by atoms with E-state index in [0.29, 0.717) is 5.15 Å². The Bertz CT molecular complexity index is 287. The number of H-pyrrole nitrogens is 1. The Hall–Kier alpha value is -0.570. The third-order valence-electron chi connectivity index (χ3n) is 2.20. The highest BCUT2D eigenvalue weighted by molar-refractivity contribution is 6.29. The first-order valence-corrected chi connectivity index (χ1v) is 4.17. The molecule has 1 aromatic rings. The molecule has 1 nitrogen and oxygen atoms in total. The lowest BCUT2D eigenvalue weighted by molar-refractivity contribution is -0.0875. The molecule has 0 saturated heterocycles. The van der Waals surface area contributed by atoms with Crippen LogP contribution in [-0.4, -0.2) is 10.9 Å². The van der Waals surface area contributed by atoms with Crippen molar-refractivity contribution in [2.75, 3.05) is 0 Å². The van der Waals surface area contributed by atoms with Gasteiger partial charge in [-0.2, -0.15) is 0 Å². The third-order valence-corrected chi connectivity index (χ3v) is 2.42. The molecule has 2 rings (SSSR count). The van der Waals surface area contributed by atoms with E-state index in [9.17, 15) is 8.78 Å². The van der Waals surface area contributed by atoms with Crippen molar-refractivity contribution >= 4 is 11.6 Å². The van der Waals surface area contributed by atoms with Crippen molar-refractivity contribution < 1.29 is 8.78 Å². The number of rotatable bonds is 1. The molecule has 0 atom stereocenters. The largest absolute Gasteiger partial charge is 0.349 e. The summed E-state index contributed by atoms with van der Waals surface area (Å²) in [7, 11) is 0. The van der Waals surface area contributed by atoms with Crippen molar-refractivity contribution in [3.8, 4) is 0 Å². The molecule has 1 heterocycles. The average molecular weight is 192 g/mol. The average Bonchev–Trinajstić information content (AvgIpc) is 2.30. The molecular weight excluding hydrogens is 184 g/mol. The van der Waals surface area contributed by atoms with Gasteiger partial charge < -0.3 is 4.98 Å². The first kappa shape index (κ1) is 8.05. The second kappa shape index (κ2) is 2.46. The lowest BCUT2D eigenvalue weighted by Gasteiger charge is -2.34. The van der Waals surface area contributed by atoms with E-state index in [0.717, 1.165) is 5.69 Å². The predicted molar refractivity (Wildman–Crippen MR) is 42.7 cm³/mol. The Labute approximate surface area is 73.7 Å². The molecule has 12 heavy (non-hydrogen) atoms. The molecule has 0 bridgehead atoms. The van der Waals surface area contributed by atoms with Gasteiger partial charge in [-0.15, -0.1) is 0 Å². The first-order valence-electron chi connectivity index (χ1n) is 3.79. The molecule has 1 aliphatic carbocycles. The second-order valence-electron chi connectivity index (χ2n) is 3.22. The fraction of sp³-hybridized carbons (Fsp3) is 0.500. The molecule has 1 N–H and O–H groups in total. The van der Waals surface area contributed by atoms with Crippen LogP contribution < -0.4 is 0 Å². The van der Waals surface area contributed by atoms with Crippen LogP contribution >= 0.6 is 11.6 Å². The summed E-state index contributed by atoms with van der Waals surface area (Å²) < 4.78 is 24.9. The topological polar surface area (TPSA) is 15.8 Å². The molecule has 0 unspecified atom stereocenters. The number of halogens is 3. The molecule has 66 valence electrons. The molecule has 1 fully saturated rings. The Balaban J connectivity index is 2.06. The third kappa shape index (κ3) is 1.33. The quantitative estimate of drug-likeness (QED) is 0.702. The zero-order chi connectivity index (χ0) is 8.77. The summed E-state index contributed by atoms with van der Waals surface area (Å²) in [4.78, 5) is 2.85. The Kier molecular flexibility index (Phi) is 1.65. The van der Waals surface area contributed by atoms with E-state index in [2.05, 4.69) is 4.98 Å². The van der Waals surface area contributed by atoms with Crippen LogP contribution in [-0.2, 0) is 0 Å². The number of nitrogens with one attached hydrogen (secondary N) is 1. The van der Waals surface area contributed by atoms with Crippen LogP contribution in [0, 0.1) is 0 Å². The normalized spacial score (nSPS) is 22.2. The van der Waals surface area contributed by atoms with Crippen LogP contribution in [0.3, 0.4) is 0 Å². The number of aromatic nitrogens is 1. The maximum absolute atomic E-state index is 12.4. The standard InChI is InChI=1S/C8H8ClF2N/c9-7-2-1-6(12-7)5-3-8(10,11)4-5/h1-2,5,12H,3-4H2. The van der Waals surface area contributed by atoms with E-state index in [-0.39, 0.29) is 18.8 Å². The number of hydrogen-bond acceptors (Lipinski definition) is 0. The highest BCUT2D eigenvalue weighted by atomic mass is 35.5. The summed E-state index contributed by atoms with van der Waals surface area (Å²) in [6.45, 7) is 0. The second-order valence-corrected chi connectivity index (χ2v) is 3.63. The summed E-state index contributed by atoms with van der Waals surface area (Å²) in [5.41, 5.74) is 0.825. The van der Waals surface area contributed by atoms with E-state index in [1.54, 1.807) is 12.1 Å². The molecule has 4 heteroatoms. The molecule has 1 aromatic heterocycles. The van der Waals surface area contributed by atoms with Crippen molar-refractivity contribution in [1.29, 1.82) is 0 Å². The van der Waals surface area contributed by atoms with Gasteiger partial charge in [-0.3, -0.25) is 0 Å². The summed E-state index contributed by atoms with van der Waals surface area (Å²) in [6.07, 6.45) is -0.103. The van der Waals surface area contributed by atoms with Crippen molar-refractivity contribution in [2.45, 2.75) is 24.7 Å². The molecule has 0 radical (unpaired) electrons. The maximum Gasteiger partial charge on any atom is 0.249 e. The smallest absolute Gasteiger partial charge is 0.249 e. The lowest BCUT2D eigenvalue weighted by atomic mass is 9.79. The molecule has 0 aromatic carbocycles. The van der Waals surface area contributed by atoms with Crippen molar-refractivity contribution in [3.05, 3.63) is 23.0 Å². The molecule has 1 aliphatic rings. The molecule has 0 amide bonds. The van der Waals surface area contributed by atoms with Crippen molar-refractivity contribution in [2.24, 2.45) is 0 Å². The predicted octanol–water partition coefficient (Wildman–Crippen LogP) is 3.18. The van der Waals surface area contributed by atoms with E-state index >= 15 is 0 Å². The Morgan fingerprint density at radius 3 is 2.50 bits per heavy atom. The highest BCUT2D eigenvalue weighted by Crippen LogP contribution is 2.47. The van der Waals surface area contributed by atoms with E-state index in [4.69, 9.17) is 11.6 Å². The van der Waals surface area contributed by atoms with Crippen LogP contribution in [0.4, 0.5) is 8.78 Å². The van der Waals surface area contributed by atoms with Gasteiger partial charge in [0.05, 0.1) is 0 Å². The fourth-order valence-electron chi connectivity index (χ4n) is 1.50. The minimum atomic E-state index is -2.46.